The predicted molar refractivity (Wildman–Crippen MR) is 105 cm³/mol. The summed E-state index contributed by atoms with van der Waals surface area (Å²) in [5, 5.41) is 6.76. The molecule has 0 saturated heterocycles. The summed E-state index contributed by atoms with van der Waals surface area (Å²) in [5.41, 5.74) is 4.22. The van der Waals surface area contributed by atoms with Gasteiger partial charge < -0.3 is 10.6 Å². The summed E-state index contributed by atoms with van der Waals surface area (Å²) in [7, 11) is 0. The zero-order valence-electron chi connectivity index (χ0n) is 15.0. The van der Waals surface area contributed by atoms with E-state index < -0.39 is 0 Å². The van der Waals surface area contributed by atoms with Crippen LogP contribution in [0.15, 0.2) is 60.7 Å². The minimum Gasteiger partial charge on any atom is -0.352 e. The van der Waals surface area contributed by atoms with Crippen molar-refractivity contribution in [2.24, 2.45) is 0 Å². The largest absolute Gasteiger partial charge is 0.352 e. The van der Waals surface area contributed by atoms with E-state index in [1.807, 2.05) is 24.3 Å². The molecular weight excluding hydrogens is 308 g/mol. The summed E-state index contributed by atoms with van der Waals surface area (Å²) < 4.78 is 0. The summed E-state index contributed by atoms with van der Waals surface area (Å²) in [6.45, 7) is 6.35. The van der Waals surface area contributed by atoms with Crippen molar-refractivity contribution in [1.82, 2.24) is 9.97 Å². The third-order valence-corrected chi connectivity index (χ3v) is 4.11. The summed E-state index contributed by atoms with van der Waals surface area (Å²) in [6, 6.07) is 20.8. The minimum atomic E-state index is 0.318. The molecule has 1 heterocycles. The Hall–Kier alpha value is -2.88. The SMILES string of the molecule is CC[C@H](C)Nc1nc(Nc2ccc(C)cc2)cc(-c2ccccc2)n1. The predicted octanol–water partition coefficient (Wildman–Crippen LogP) is 5.41. The standard InChI is InChI=1S/C21H24N4/c1-4-16(3)22-21-24-19(17-8-6-5-7-9-17)14-20(25-21)23-18-12-10-15(2)11-13-18/h5-14,16H,4H2,1-3H3,(H2,22,23,24,25)/t16-/m0/s1. The highest BCUT2D eigenvalue weighted by atomic mass is 15.2. The molecule has 0 amide bonds. The fraction of sp³-hybridized carbons (Fsp3) is 0.238. The van der Waals surface area contributed by atoms with Gasteiger partial charge in [-0.25, -0.2) is 4.98 Å². The zero-order valence-corrected chi connectivity index (χ0v) is 15.0. The van der Waals surface area contributed by atoms with Crippen LogP contribution in [0.1, 0.15) is 25.8 Å². The first-order valence-electron chi connectivity index (χ1n) is 8.69. The van der Waals surface area contributed by atoms with Gasteiger partial charge in [-0.1, -0.05) is 55.0 Å². The molecule has 0 unspecified atom stereocenters. The molecular formula is C21H24N4. The molecule has 0 bridgehead atoms. The van der Waals surface area contributed by atoms with E-state index in [-0.39, 0.29) is 0 Å². The van der Waals surface area contributed by atoms with Gasteiger partial charge in [0.1, 0.15) is 5.82 Å². The molecule has 1 aromatic heterocycles. The van der Waals surface area contributed by atoms with Gasteiger partial charge in [-0.15, -0.1) is 0 Å². The molecule has 4 heteroatoms. The minimum absolute atomic E-state index is 0.318. The van der Waals surface area contributed by atoms with E-state index in [1.54, 1.807) is 0 Å². The Labute approximate surface area is 149 Å². The first-order valence-corrected chi connectivity index (χ1v) is 8.69. The van der Waals surface area contributed by atoms with Gasteiger partial charge in [0.2, 0.25) is 5.95 Å². The van der Waals surface area contributed by atoms with E-state index in [4.69, 9.17) is 0 Å². The summed E-state index contributed by atoms with van der Waals surface area (Å²) in [4.78, 5) is 9.32. The van der Waals surface area contributed by atoms with Gasteiger partial charge in [-0.05, 0) is 32.4 Å². The van der Waals surface area contributed by atoms with Crippen LogP contribution in [0.25, 0.3) is 11.3 Å². The number of anilines is 3. The molecule has 0 spiro atoms. The Balaban J connectivity index is 1.95. The first kappa shape index (κ1) is 17.0. The molecule has 0 fully saturated rings. The van der Waals surface area contributed by atoms with Crippen LogP contribution in [0.2, 0.25) is 0 Å². The molecule has 25 heavy (non-hydrogen) atoms. The average Bonchev–Trinajstić information content (AvgIpc) is 2.64. The lowest BCUT2D eigenvalue weighted by Gasteiger charge is -2.14. The molecule has 0 aliphatic rings. The van der Waals surface area contributed by atoms with Crippen LogP contribution < -0.4 is 10.6 Å². The lowest BCUT2D eigenvalue weighted by Crippen LogP contribution is -2.16. The van der Waals surface area contributed by atoms with Crippen molar-refractivity contribution in [3.63, 3.8) is 0 Å². The highest BCUT2D eigenvalue weighted by Crippen LogP contribution is 2.24. The summed E-state index contributed by atoms with van der Waals surface area (Å²) >= 11 is 0. The maximum absolute atomic E-state index is 4.69. The van der Waals surface area contributed by atoms with Gasteiger partial charge in [0, 0.05) is 23.4 Å². The second kappa shape index (κ2) is 7.79. The van der Waals surface area contributed by atoms with Crippen molar-refractivity contribution < 1.29 is 0 Å². The van der Waals surface area contributed by atoms with Crippen molar-refractivity contribution in [2.45, 2.75) is 33.2 Å². The van der Waals surface area contributed by atoms with Gasteiger partial charge in [0.05, 0.1) is 5.69 Å². The maximum Gasteiger partial charge on any atom is 0.225 e. The van der Waals surface area contributed by atoms with Crippen LogP contribution in [0.3, 0.4) is 0 Å². The molecule has 1 atom stereocenters. The Morgan fingerprint density at radius 1 is 0.960 bits per heavy atom. The summed E-state index contributed by atoms with van der Waals surface area (Å²) in [6.07, 6.45) is 1.01. The maximum atomic E-state index is 4.69. The lowest BCUT2D eigenvalue weighted by atomic mass is 10.1. The zero-order chi connectivity index (χ0) is 17.6. The average molecular weight is 332 g/mol. The van der Waals surface area contributed by atoms with Crippen LogP contribution >= 0.6 is 0 Å². The number of rotatable bonds is 6. The van der Waals surface area contributed by atoms with Gasteiger partial charge >= 0.3 is 0 Å². The quantitative estimate of drug-likeness (QED) is 0.634. The molecule has 2 aromatic carbocycles. The Bertz CT molecular complexity index is 813. The van der Waals surface area contributed by atoms with E-state index in [2.05, 4.69) is 77.8 Å². The fourth-order valence-electron chi connectivity index (χ4n) is 2.44. The Kier molecular flexibility index (Phi) is 5.29. The third kappa shape index (κ3) is 4.57. The number of aromatic nitrogens is 2. The smallest absolute Gasteiger partial charge is 0.225 e. The van der Waals surface area contributed by atoms with Crippen molar-refractivity contribution in [3.05, 3.63) is 66.2 Å². The van der Waals surface area contributed by atoms with Crippen LogP contribution in [0.4, 0.5) is 17.5 Å². The molecule has 3 aromatic rings. The topological polar surface area (TPSA) is 49.8 Å². The molecule has 3 rings (SSSR count). The van der Waals surface area contributed by atoms with Gasteiger partial charge in [-0.3, -0.25) is 0 Å². The van der Waals surface area contributed by atoms with Crippen LogP contribution in [0, 0.1) is 6.92 Å². The second-order valence-corrected chi connectivity index (χ2v) is 6.27. The van der Waals surface area contributed by atoms with E-state index in [1.165, 1.54) is 5.56 Å². The molecule has 0 aliphatic carbocycles. The molecule has 0 aliphatic heterocycles. The monoisotopic (exact) mass is 332 g/mol. The number of nitrogens with one attached hydrogen (secondary N) is 2. The molecule has 0 saturated carbocycles. The molecule has 4 nitrogen and oxygen atoms in total. The van der Waals surface area contributed by atoms with Crippen molar-refractivity contribution >= 4 is 17.5 Å². The van der Waals surface area contributed by atoms with Crippen molar-refractivity contribution in [1.29, 1.82) is 0 Å². The van der Waals surface area contributed by atoms with Crippen molar-refractivity contribution in [2.75, 3.05) is 10.6 Å². The molecule has 0 radical (unpaired) electrons. The van der Waals surface area contributed by atoms with E-state index in [0.717, 1.165) is 29.2 Å². The van der Waals surface area contributed by atoms with Gasteiger partial charge in [-0.2, -0.15) is 4.98 Å². The van der Waals surface area contributed by atoms with Crippen LogP contribution in [-0.2, 0) is 0 Å². The Morgan fingerprint density at radius 2 is 1.68 bits per heavy atom. The van der Waals surface area contributed by atoms with Crippen LogP contribution in [-0.4, -0.2) is 16.0 Å². The number of hydrogen-bond acceptors (Lipinski definition) is 4. The highest BCUT2D eigenvalue weighted by Gasteiger charge is 2.09. The highest BCUT2D eigenvalue weighted by molar-refractivity contribution is 5.67. The van der Waals surface area contributed by atoms with E-state index in [0.29, 0.717) is 12.0 Å². The molecule has 2 N–H and O–H groups in total. The molecule has 128 valence electrons. The first-order chi connectivity index (χ1) is 12.1. The second-order valence-electron chi connectivity index (χ2n) is 6.27. The van der Waals surface area contributed by atoms with E-state index >= 15 is 0 Å². The lowest BCUT2D eigenvalue weighted by molar-refractivity contribution is 0.753. The fourth-order valence-corrected chi connectivity index (χ4v) is 2.44. The van der Waals surface area contributed by atoms with E-state index in [9.17, 15) is 0 Å². The van der Waals surface area contributed by atoms with Gasteiger partial charge in [0.25, 0.3) is 0 Å². The normalized spacial score (nSPS) is 11.8. The number of benzene rings is 2. The summed E-state index contributed by atoms with van der Waals surface area (Å²) in [5.74, 6) is 1.42. The van der Waals surface area contributed by atoms with Crippen molar-refractivity contribution in [3.8, 4) is 11.3 Å². The number of nitrogens with zero attached hydrogens (tertiary/aromatic N) is 2. The van der Waals surface area contributed by atoms with Gasteiger partial charge in [0.15, 0.2) is 0 Å². The third-order valence-electron chi connectivity index (χ3n) is 4.11. The number of aryl methyl sites for hydroxylation is 1. The number of hydrogen-bond donors (Lipinski definition) is 2. The Morgan fingerprint density at radius 3 is 2.36 bits per heavy atom. The van der Waals surface area contributed by atoms with Crippen LogP contribution in [0.5, 0.6) is 0 Å².